The minimum absolute atomic E-state index is 0.157. The second kappa shape index (κ2) is 6.25. The zero-order chi connectivity index (χ0) is 17.1. The number of nitrogens with zero attached hydrogens (tertiary/aromatic N) is 1. The number of benzene rings is 2. The summed E-state index contributed by atoms with van der Waals surface area (Å²) in [5.41, 5.74) is 1.56. The highest BCUT2D eigenvalue weighted by molar-refractivity contribution is 6.06. The number of aromatic hydroxyl groups is 1. The van der Waals surface area contributed by atoms with Crippen LogP contribution >= 0.6 is 0 Å². The van der Waals surface area contributed by atoms with E-state index in [4.69, 9.17) is 9.52 Å². The molecule has 3 rings (SSSR count). The Hall–Kier alpha value is -3.61. The maximum Gasteiger partial charge on any atom is 0.339 e. The Bertz CT molecular complexity index is 926. The number of hydrogen-bond acceptors (Lipinski definition) is 6. The molecule has 3 N–H and O–H groups in total. The number of carboxylic acid groups (broad SMARTS) is 1. The van der Waals surface area contributed by atoms with Crippen molar-refractivity contribution < 1.29 is 24.2 Å². The molecular formula is C17H12N2O5. The maximum atomic E-state index is 11.3. The number of oxazole rings is 1. The van der Waals surface area contributed by atoms with Gasteiger partial charge in [0.15, 0.2) is 11.9 Å². The largest absolute Gasteiger partial charge is 0.507 e. The number of aromatic nitrogens is 1. The Kier molecular flexibility index (Phi) is 3.98. The van der Waals surface area contributed by atoms with Gasteiger partial charge in [0.05, 0.1) is 5.57 Å². The Balaban J connectivity index is 1.87. The summed E-state index contributed by atoms with van der Waals surface area (Å²) >= 11 is 0. The first-order valence-electron chi connectivity index (χ1n) is 6.92. The number of phenols is 1. The average Bonchev–Trinajstić information content (AvgIpc) is 2.99. The van der Waals surface area contributed by atoms with Crippen molar-refractivity contribution in [3.63, 3.8) is 0 Å². The van der Waals surface area contributed by atoms with Gasteiger partial charge in [0.1, 0.15) is 16.8 Å². The SMILES string of the molecule is O=C/C(=C\Nc1ccc(C(=O)O)c(O)c1)c1nc2ccccc2o1. The minimum Gasteiger partial charge on any atom is -0.507 e. The number of rotatable bonds is 5. The lowest BCUT2D eigenvalue weighted by molar-refractivity contribution is -0.103. The van der Waals surface area contributed by atoms with Crippen LogP contribution in [0.15, 0.2) is 53.1 Å². The first-order valence-corrected chi connectivity index (χ1v) is 6.92. The van der Waals surface area contributed by atoms with E-state index in [1.165, 1.54) is 24.4 Å². The number of para-hydroxylation sites is 2. The van der Waals surface area contributed by atoms with Crippen LogP contribution in [-0.2, 0) is 4.79 Å². The van der Waals surface area contributed by atoms with Gasteiger partial charge in [-0.25, -0.2) is 9.78 Å². The van der Waals surface area contributed by atoms with Gasteiger partial charge in [-0.05, 0) is 24.3 Å². The van der Waals surface area contributed by atoms with E-state index < -0.39 is 5.97 Å². The van der Waals surface area contributed by atoms with E-state index >= 15 is 0 Å². The van der Waals surface area contributed by atoms with Crippen molar-refractivity contribution in [2.45, 2.75) is 0 Å². The molecule has 2 aromatic carbocycles. The summed E-state index contributed by atoms with van der Waals surface area (Å²) in [6.07, 6.45) is 1.95. The predicted molar refractivity (Wildman–Crippen MR) is 86.7 cm³/mol. The van der Waals surface area contributed by atoms with E-state index in [0.29, 0.717) is 23.1 Å². The van der Waals surface area contributed by atoms with Crippen LogP contribution < -0.4 is 5.32 Å². The number of aromatic carboxylic acids is 1. The van der Waals surface area contributed by atoms with Crippen LogP contribution in [0.25, 0.3) is 16.7 Å². The van der Waals surface area contributed by atoms with Crippen molar-refractivity contribution in [3.05, 3.63) is 60.1 Å². The van der Waals surface area contributed by atoms with Gasteiger partial charge in [-0.15, -0.1) is 0 Å². The highest BCUT2D eigenvalue weighted by atomic mass is 16.4. The fourth-order valence-electron chi connectivity index (χ4n) is 2.11. The quantitative estimate of drug-likeness (QED) is 0.488. The Morgan fingerprint density at radius 1 is 1.21 bits per heavy atom. The van der Waals surface area contributed by atoms with Gasteiger partial charge in [-0.2, -0.15) is 0 Å². The first kappa shape index (κ1) is 15.3. The molecule has 24 heavy (non-hydrogen) atoms. The molecule has 0 atom stereocenters. The summed E-state index contributed by atoms with van der Waals surface area (Å²) in [7, 11) is 0. The van der Waals surface area contributed by atoms with Crippen molar-refractivity contribution in [2.75, 3.05) is 5.32 Å². The lowest BCUT2D eigenvalue weighted by atomic mass is 10.2. The third kappa shape index (κ3) is 2.95. The molecule has 0 amide bonds. The second-order valence-corrected chi connectivity index (χ2v) is 4.89. The van der Waals surface area contributed by atoms with Crippen molar-refractivity contribution in [3.8, 4) is 5.75 Å². The number of allylic oxidation sites excluding steroid dienone is 1. The van der Waals surface area contributed by atoms with Crippen molar-refractivity contribution in [2.24, 2.45) is 0 Å². The summed E-state index contributed by atoms with van der Waals surface area (Å²) < 4.78 is 5.51. The predicted octanol–water partition coefficient (Wildman–Crippen LogP) is 2.88. The molecule has 120 valence electrons. The molecule has 7 heteroatoms. The molecular weight excluding hydrogens is 312 g/mol. The Morgan fingerprint density at radius 3 is 2.67 bits per heavy atom. The summed E-state index contributed by atoms with van der Waals surface area (Å²) in [4.78, 5) is 26.4. The van der Waals surface area contributed by atoms with Crippen LogP contribution in [0, 0.1) is 0 Å². The molecule has 0 aliphatic rings. The number of fused-ring (bicyclic) bond motifs is 1. The number of carbonyl (C=O) groups is 2. The van der Waals surface area contributed by atoms with E-state index in [9.17, 15) is 14.7 Å². The highest BCUT2D eigenvalue weighted by Gasteiger charge is 2.11. The Morgan fingerprint density at radius 2 is 2.00 bits per heavy atom. The van der Waals surface area contributed by atoms with E-state index in [0.717, 1.165) is 0 Å². The van der Waals surface area contributed by atoms with Gasteiger partial charge in [0.2, 0.25) is 5.89 Å². The summed E-state index contributed by atoms with van der Waals surface area (Å²) in [5.74, 6) is -1.45. The van der Waals surface area contributed by atoms with Crippen LogP contribution in [0.2, 0.25) is 0 Å². The lowest BCUT2D eigenvalue weighted by Gasteiger charge is -2.04. The number of nitrogens with one attached hydrogen (secondary N) is 1. The van der Waals surface area contributed by atoms with Crippen LogP contribution in [0.4, 0.5) is 5.69 Å². The number of carbonyl (C=O) groups excluding carboxylic acids is 1. The fraction of sp³-hybridized carbons (Fsp3) is 0. The molecule has 1 aromatic heterocycles. The van der Waals surface area contributed by atoms with Crippen LogP contribution in [0.5, 0.6) is 5.75 Å². The molecule has 0 aliphatic carbocycles. The molecule has 0 saturated carbocycles. The highest BCUT2D eigenvalue weighted by Crippen LogP contribution is 2.23. The topological polar surface area (TPSA) is 113 Å². The molecule has 0 aliphatic heterocycles. The molecule has 0 radical (unpaired) electrons. The molecule has 1 heterocycles. The maximum absolute atomic E-state index is 11.3. The third-order valence-electron chi connectivity index (χ3n) is 3.29. The molecule has 7 nitrogen and oxygen atoms in total. The summed E-state index contributed by atoms with van der Waals surface area (Å²) in [6.45, 7) is 0. The van der Waals surface area contributed by atoms with E-state index in [1.807, 2.05) is 6.07 Å². The zero-order valence-electron chi connectivity index (χ0n) is 12.3. The fourth-order valence-corrected chi connectivity index (χ4v) is 2.11. The van der Waals surface area contributed by atoms with E-state index in [-0.39, 0.29) is 22.8 Å². The molecule has 0 bridgehead atoms. The van der Waals surface area contributed by atoms with Crippen LogP contribution in [0.1, 0.15) is 16.2 Å². The van der Waals surface area contributed by atoms with Crippen molar-refractivity contribution >= 4 is 34.6 Å². The lowest BCUT2D eigenvalue weighted by Crippen LogP contribution is -1.98. The van der Waals surface area contributed by atoms with Gasteiger partial charge in [0, 0.05) is 18.0 Å². The average molecular weight is 324 g/mol. The molecule has 3 aromatic rings. The first-order chi connectivity index (χ1) is 11.6. The smallest absolute Gasteiger partial charge is 0.339 e. The summed E-state index contributed by atoms with van der Waals surface area (Å²) in [6, 6.07) is 11.1. The van der Waals surface area contributed by atoms with Crippen molar-refractivity contribution in [1.29, 1.82) is 0 Å². The zero-order valence-corrected chi connectivity index (χ0v) is 12.3. The number of anilines is 1. The number of carboxylic acids is 1. The molecule has 0 fully saturated rings. The Labute approximate surface area is 135 Å². The van der Waals surface area contributed by atoms with Crippen LogP contribution in [0.3, 0.4) is 0 Å². The van der Waals surface area contributed by atoms with E-state index in [1.54, 1.807) is 18.2 Å². The number of aldehydes is 1. The van der Waals surface area contributed by atoms with Gasteiger partial charge in [0.25, 0.3) is 0 Å². The standard InChI is InChI=1S/C17H12N2O5/c20-9-10(16-19-13-3-1-2-4-15(13)24-16)8-18-11-5-6-12(17(22)23)14(21)7-11/h1-9,18,21H,(H,22,23)/b10-8+. The number of hydrogen-bond donors (Lipinski definition) is 3. The monoisotopic (exact) mass is 324 g/mol. The second-order valence-electron chi connectivity index (χ2n) is 4.89. The van der Waals surface area contributed by atoms with Gasteiger partial charge in [-0.3, -0.25) is 4.79 Å². The van der Waals surface area contributed by atoms with E-state index in [2.05, 4.69) is 10.3 Å². The summed E-state index contributed by atoms with van der Waals surface area (Å²) in [5, 5.41) is 21.3. The van der Waals surface area contributed by atoms with Crippen molar-refractivity contribution in [1.82, 2.24) is 4.98 Å². The van der Waals surface area contributed by atoms with Gasteiger partial charge in [-0.1, -0.05) is 12.1 Å². The van der Waals surface area contributed by atoms with Gasteiger partial charge < -0.3 is 19.9 Å². The molecule has 0 spiro atoms. The minimum atomic E-state index is -1.23. The van der Waals surface area contributed by atoms with Gasteiger partial charge >= 0.3 is 5.97 Å². The molecule has 0 saturated heterocycles. The van der Waals surface area contributed by atoms with Crippen LogP contribution in [-0.4, -0.2) is 27.5 Å². The third-order valence-corrected chi connectivity index (χ3v) is 3.29. The molecule has 0 unspecified atom stereocenters. The normalized spacial score (nSPS) is 11.4.